The molecule has 0 atom stereocenters. The summed E-state index contributed by atoms with van der Waals surface area (Å²) >= 11 is 0. The SMILES string of the molecule is CC(C)(C)C1CCC(N(Cc2ccc(C(=O)N=C(N)N=[NH2+])cc2)C(=O)c2cc3cc(OC(F)(F)F)ccc3[nH]2)CC1. The molecule has 12 heteroatoms. The Morgan fingerprint density at radius 3 is 2.29 bits per heavy atom. The van der Waals surface area contributed by atoms with Gasteiger partial charge in [-0.05, 0) is 79.0 Å². The molecule has 41 heavy (non-hydrogen) atoms. The molecule has 1 aliphatic carbocycles. The number of H-pyrrole nitrogens is 1. The van der Waals surface area contributed by atoms with Crippen LogP contribution >= 0.6 is 0 Å². The van der Waals surface area contributed by atoms with Crippen molar-refractivity contribution >= 4 is 28.7 Å². The Labute approximate surface area is 235 Å². The molecule has 2 amide bonds. The summed E-state index contributed by atoms with van der Waals surface area (Å²) in [6.07, 6.45) is -1.22. The van der Waals surface area contributed by atoms with Crippen LogP contribution in [0.15, 0.2) is 58.6 Å². The van der Waals surface area contributed by atoms with Gasteiger partial charge in [-0.25, -0.2) is 0 Å². The lowest BCUT2D eigenvalue weighted by molar-refractivity contribution is -0.274. The summed E-state index contributed by atoms with van der Waals surface area (Å²) in [5.41, 5.74) is 12.5. The van der Waals surface area contributed by atoms with Crippen LogP contribution in [0.1, 0.15) is 72.9 Å². The van der Waals surface area contributed by atoms with Crippen LogP contribution in [0.4, 0.5) is 13.2 Å². The summed E-state index contributed by atoms with van der Waals surface area (Å²) < 4.78 is 42.1. The molecule has 0 radical (unpaired) electrons. The molecule has 1 aliphatic rings. The number of aromatic nitrogens is 1. The summed E-state index contributed by atoms with van der Waals surface area (Å²) in [6.45, 7) is 6.96. The van der Waals surface area contributed by atoms with Crippen LogP contribution in [0.3, 0.4) is 0 Å². The van der Waals surface area contributed by atoms with Gasteiger partial charge in [-0.2, -0.15) is 4.99 Å². The summed E-state index contributed by atoms with van der Waals surface area (Å²) in [4.78, 5) is 34.6. The highest BCUT2D eigenvalue weighted by molar-refractivity contribution is 6.02. The Kier molecular flexibility index (Phi) is 8.50. The number of benzene rings is 2. The molecule has 9 nitrogen and oxygen atoms in total. The predicted octanol–water partition coefficient (Wildman–Crippen LogP) is 4.98. The van der Waals surface area contributed by atoms with Crippen molar-refractivity contribution in [2.24, 2.45) is 27.2 Å². The molecule has 1 heterocycles. The van der Waals surface area contributed by atoms with Gasteiger partial charge in [0.05, 0.1) is 0 Å². The fourth-order valence-electron chi connectivity index (χ4n) is 5.34. The van der Waals surface area contributed by atoms with Crippen LogP contribution in [0.2, 0.25) is 0 Å². The van der Waals surface area contributed by atoms with E-state index in [2.05, 4.69) is 40.6 Å². The van der Waals surface area contributed by atoms with E-state index in [0.717, 1.165) is 31.2 Å². The smallest absolute Gasteiger partial charge is 0.406 e. The Morgan fingerprint density at radius 2 is 1.71 bits per heavy atom. The molecule has 0 bridgehead atoms. The van der Waals surface area contributed by atoms with E-state index in [1.165, 1.54) is 18.2 Å². The standard InChI is InChI=1S/C29H33F3N6O3/c1-28(2,3)20-8-10-21(11-9-20)38(16-17-4-6-18(7-5-17)25(39)36-27(33)37-34)26(40)24-15-19-14-22(41-29(30,31)32)12-13-23(19)35-24/h4-7,12-15,20-21,34-35H,8-11,16H2,1-3H3,(H2,33,36,39)/p+1. The summed E-state index contributed by atoms with van der Waals surface area (Å²) in [7, 11) is 0. The van der Waals surface area contributed by atoms with E-state index in [9.17, 15) is 22.8 Å². The average molecular weight is 572 g/mol. The Hall–Kier alpha value is -4.22. The molecule has 5 N–H and O–H groups in total. The summed E-state index contributed by atoms with van der Waals surface area (Å²) in [5.74, 6) is -1.02. The van der Waals surface area contributed by atoms with E-state index in [1.54, 1.807) is 35.2 Å². The molecular formula is C29H34F3N6O3+. The maximum absolute atomic E-state index is 13.9. The van der Waals surface area contributed by atoms with Crippen LogP contribution < -0.4 is 16.0 Å². The zero-order chi connectivity index (χ0) is 29.9. The number of aromatic amines is 1. The number of nitrogens with zero attached hydrogens (tertiary/aromatic N) is 3. The number of nitrogens with two attached hydrogens (primary N) is 2. The lowest BCUT2D eigenvalue weighted by Crippen LogP contribution is -2.43. The molecule has 1 aromatic heterocycles. The van der Waals surface area contributed by atoms with Gasteiger partial charge in [0.1, 0.15) is 11.4 Å². The monoisotopic (exact) mass is 571 g/mol. The van der Waals surface area contributed by atoms with E-state index in [1.807, 2.05) is 0 Å². The van der Waals surface area contributed by atoms with Crippen LogP contribution in [0.25, 0.3) is 10.9 Å². The number of hydrogen-bond donors (Lipinski definition) is 3. The second-order valence-electron chi connectivity index (χ2n) is 11.4. The van der Waals surface area contributed by atoms with Gasteiger partial charge in [0, 0.05) is 34.2 Å². The number of amides is 2. The number of nitrogens with one attached hydrogen (secondary N) is 1. The molecule has 4 rings (SSSR count). The largest absolute Gasteiger partial charge is 0.573 e. The van der Waals surface area contributed by atoms with E-state index < -0.39 is 12.3 Å². The Balaban J connectivity index is 1.60. The van der Waals surface area contributed by atoms with Crippen molar-refractivity contribution in [3.05, 3.63) is 65.4 Å². The van der Waals surface area contributed by atoms with Gasteiger partial charge >= 0.3 is 6.36 Å². The number of ether oxygens (including phenoxy) is 1. The fraction of sp³-hybridized carbons (Fsp3) is 0.414. The maximum Gasteiger partial charge on any atom is 0.573 e. The van der Waals surface area contributed by atoms with Gasteiger partial charge in [-0.1, -0.05) is 32.9 Å². The van der Waals surface area contributed by atoms with Crippen molar-refractivity contribution in [1.29, 1.82) is 0 Å². The second kappa shape index (κ2) is 11.7. The van der Waals surface area contributed by atoms with E-state index >= 15 is 0 Å². The van der Waals surface area contributed by atoms with Gasteiger partial charge in [0.15, 0.2) is 0 Å². The number of halogens is 3. The molecule has 3 aromatic rings. The number of alkyl halides is 3. The topological polar surface area (TPSA) is 139 Å². The molecule has 218 valence electrons. The van der Waals surface area contributed by atoms with Crippen LogP contribution in [-0.2, 0) is 6.54 Å². The Morgan fingerprint density at radius 1 is 1.05 bits per heavy atom. The first-order valence-electron chi connectivity index (χ1n) is 13.3. The van der Waals surface area contributed by atoms with Crippen molar-refractivity contribution in [3.63, 3.8) is 0 Å². The second-order valence-corrected chi connectivity index (χ2v) is 11.4. The quantitative estimate of drug-likeness (QED) is 0.218. The average Bonchev–Trinajstić information content (AvgIpc) is 3.34. The highest BCUT2D eigenvalue weighted by atomic mass is 19.4. The zero-order valence-electron chi connectivity index (χ0n) is 23.2. The van der Waals surface area contributed by atoms with Crippen molar-refractivity contribution in [2.45, 2.75) is 65.4 Å². The molecule has 0 spiro atoms. The lowest BCUT2D eigenvalue weighted by atomic mass is 9.71. The van der Waals surface area contributed by atoms with Crippen LogP contribution in [0.5, 0.6) is 5.75 Å². The van der Waals surface area contributed by atoms with Gasteiger partial charge in [0.25, 0.3) is 17.8 Å². The van der Waals surface area contributed by atoms with Gasteiger partial charge in [-0.15, -0.1) is 18.7 Å². The molecule has 0 saturated heterocycles. The molecule has 2 aromatic carbocycles. The Bertz CT molecular complexity index is 1450. The number of hydrogen-bond acceptors (Lipinski definition) is 3. The van der Waals surface area contributed by atoms with E-state index in [0.29, 0.717) is 16.8 Å². The normalized spacial score (nSPS) is 18.2. The molecule has 1 saturated carbocycles. The molecule has 1 fully saturated rings. The number of fused-ring (bicyclic) bond motifs is 1. The van der Waals surface area contributed by atoms with Gasteiger partial charge in [-0.3, -0.25) is 9.59 Å². The van der Waals surface area contributed by atoms with E-state index in [4.69, 9.17) is 11.3 Å². The minimum absolute atomic E-state index is 0.0338. The number of aliphatic imine (C=N–C) groups is 1. The van der Waals surface area contributed by atoms with Crippen LogP contribution in [0, 0.1) is 11.3 Å². The molecule has 0 unspecified atom stereocenters. The zero-order valence-corrected chi connectivity index (χ0v) is 23.2. The van der Waals surface area contributed by atoms with E-state index in [-0.39, 0.29) is 46.9 Å². The third kappa shape index (κ3) is 7.50. The lowest BCUT2D eigenvalue weighted by Gasteiger charge is -2.41. The first-order valence-corrected chi connectivity index (χ1v) is 13.3. The van der Waals surface area contributed by atoms with Crippen molar-refractivity contribution in [1.82, 2.24) is 9.88 Å². The number of carbonyl (C=O) groups excluding carboxylic acids is 2. The minimum atomic E-state index is -4.82. The number of guanidine groups is 1. The van der Waals surface area contributed by atoms with Crippen molar-refractivity contribution in [2.75, 3.05) is 0 Å². The minimum Gasteiger partial charge on any atom is -0.406 e. The molecule has 0 aliphatic heterocycles. The van der Waals surface area contributed by atoms with Gasteiger partial charge < -0.3 is 20.4 Å². The molecular weight excluding hydrogens is 537 g/mol. The summed E-state index contributed by atoms with van der Waals surface area (Å²) in [5, 5.41) is 3.60. The number of carbonyl (C=O) groups is 2. The fourth-order valence-corrected chi connectivity index (χ4v) is 5.34. The maximum atomic E-state index is 13.9. The van der Waals surface area contributed by atoms with Crippen molar-refractivity contribution < 1.29 is 33.0 Å². The first kappa shape index (κ1) is 29.8. The van der Waals surface area contributed by atoms with Crippen LogP contribution in [-0.4, -0.2) is 40.1 Å². The highest BCUT2D eigenvalue weighted by Crippen LogP contribution is 2.39. The third-order valence-electron chi connectivity index (χ3n) is 7.58. The predicted molar refractivity (Wildman–Crippen MR) is 147 cm³/mol. The highest BCUT2D eigenvalue weighted by Gasteiger charge is 2.35. The van der Waals surface area contributed by atoms with Gasteiger partial charge in [0.2, 0.25) is 0 Å². The van der Waals surface area contributed by atoms with Crippen molar-refractivity contribution in [3.8, 4) is 5.75 Å². The first-order chi connectivity index (χ1) is 19.2. The number of rotatable bonds is 6. The third-order valence-corrected chi connectivity index (χ3v) is 7.58. The summed E-state index contributed by atoms with van der Waals surface area (Å²) in [6, 6.07) is 12.1.